The Labute approximate surface area is 153 Å². The van der Waals surface area contributed by atoms with Crippen LogP contribution >= 0.6 is 11.3 Å². The molecule has 1 aromatic carbocycles. The van der Waals surface area contributed by atoms with Gasteiger partial charge in [0.1, 0.15) is 0 Å². The van der Waals surface area contributed by atoms with Gasteiger partial charge in [-0.05, 0) is 50.1 Å². The predicted molar refractivity (Wildman–Crippen MR) is 103 cm³/mol. The molecule has 0 unspecified atom stereocenters. The number of hydrogen-bond acceptors (Lipinski definition) is 4. The zero-order chi connectivity index (χ0) is 18.8. The number of rotatable bonds is 6. The van der Waals surface area contributed by atoms with Crippen molar-refractivity contribution in [1.29, 1.82) is 0 Å². The first-order valence-corrected chi connectivity index (χ1v) is 10.5. The lowest BCUT2D eigenvalue weighted by molar-refractivity contribution is 0.103. The van der Waals surface area contributed by atoms with E-state index >= 15 is 0 Å². The number of hydrogen-bond donors (Lipinski definition) is 1. The number of carbonyl (C=O) groups excluding carboxylic acids is 1. The Morgan fingerprint density at radius 3 is 2.24 bits per heavy atom. The number of anilines is 1. The number of nitrogens with zero attached hydrogens (tertiary/aromatic N) is 1. The summed E-state index contributed by atoms with van der Waals surface area (Å²) in [5.41, 5.74) is 2.21. The van der Waals surface area contributed by atoms with Crippen LogP contribution in [0.2, 0.25) is 0 Å². The van der Waals surface area contributed by atoms with Gasteiger partial charge in [0, 0.05) is 23.7 Å². The third kappa shape index (κ3) is 4.11. The molecule has 1 aromatic heterocycles. The van der Waals surface area contributed by atoms with Crippen LogP contribution in [0.4, 0.5) is 5.69 Å². The van der Waals surface area contributed by atoms with Crippen molar-refractivity contribution in [2.75, 3.05) is 18.4 Å². The van der Waals surface area contributed by atoms with Gasteiger partial charge in [-0.2, -0.15) is 4.31 Å². The van der Waals surface area contributed by atoms with E-state index in [0.29, 0.717) is 29.2 Å². The summed E-state index contributed by atoms with van der Waals surface area (Å²) in [6, 6.07) is 6.82. The van der Waals surface area contributed by atoms with E-state index in [9.17, 15) is 13.2 Å². The van der Waals surface area contributed by atoms with Crippen molar-refractivity contribution >= 4 is 33.0 Å². The van der Waals surface area contributed by atoms with E-state index in [1.807, 2.05) is 33.8 Å². The van der Waals surface area contributed by atoms with Crippen LogP contribution in [0.25, 0.3) is 0 Å². The number of benzene rings is 1. The van der Waals surface area contributed by atoms with E-state index in [1.165, 1.54) is 21.7 Å². The summed E-state index contributed by atoms with van der Waals surface area (Å²) in [5, 5.41) is 2.80. The van der Waals surface area contributed by atoms with Crippen molar-refractivity contribution < 1.29 is 13.2 Å². The van der Waals surface area contributed by atoms with Crippen molar-refractivity contribution in [2.45, 2.75) is 39.5 Å². The lowest BCUT2D eigenvalue weighted by Crippen LogP contribution is -2.31. The Kier molecular flexibility index (Phi) is 6.03. The molecule has 2 rings (SSSR count). The minimum Gasteiger partial charge on any atom is -0.321 e. The molecule has 0 saturated heterocycles. The molecule has 0 atom stereocenters. The summed E-state index contributed by atoms with van der Waals surface area (Å²) in [5.74, 6) is -0.226. The quantitative estimate of drug-likeness (QED) is 0.825. The van der Waals surface area contributed by atoms with E-state index < -0.39 is 10.0 Å². The molecule has 7 heteroatoms. The summed E-state index contributed by atoms with van der Waals surface area (Å²) in [6.07, 6.45) is 0. The topological polar surface area (TPSA) is 66.5 Å². The van der Waals surface area contributed by atoms with Gasteiger partial charge >= 0.3 is 0 Å². The maximum absolute atomic E-state index is 12.8. The van der Waals surface area contributed by atoms with Crippen LogP contribution in [0.3, 0.4) is 0 Å². The minimum atomic E-state index is -3.57. The Hall–Kier alpha value is -1.70. The van der Waals surface area contributed by atoms with Gasteiger partial charge in [-0.15, -0.1) is 11.3 Å². The van der Waals surface area contributed by atoms with Crippen LogP contribution in [-0.2, 0) is 10.0 Å². The van der Waals surface area contributed by atoms with Gasteiger partial charge in [0.25, 0.3) is 5.91 Å². The first-order chi connectivity index (χ1) is 11.7. The number of nitrogens with one attached hydrogen (secondary N) is 1. The van der Waals surface area contributed by atoms with E-state index in [4.69, 9.17) is 0 Å². The SMILES string of the molecule is CCN(CC)S(=O)(=O)c1cc(NC(=O)c2cc(C)c(C)s2)ccc1C. The third-order valence-corrected chi connectivity index (χ3v) is 7.50. The van der Waals surface area contributed by atoms with Gasteiger partial charge in [0.05, 0.1) is 9.77 Å². The molecule has 0 spiro atoms. The highest BCUT2D eigenvalue weighted by Crippen LogP contribution is 2.25. The Morgan fingerprint density at radius 2 is 1.72 bits per heavy atom. The molecule has 0 saturated carbocycles. The highest BCUT2D eigenvalue weighted by atomic mass is 32.2. The molecule has 25 heavy (non-hydrogen) atoms. The predicted octanol–water partition coefficient (Wildman–Crippen LogP) is 3.96. The second kappa shape index (κ2) is 7.68. The van der Waals surface area contributed by atoms with E-state index in [-0.39, 0.29) is 10.8 Å². The van der Waals surface area contributed by atoms with Gasteiger partial charge in [0.2, 0.25) is 10.0 Å². The molecule has 5 nitrogen and oxygen atoms in total. The van der Waals surface area contributed by atoms with Crippen molar-refractivity contribution in [3.8, 4) is 0 Å². The molecule has 0 aliphatic heterocycles. The standard InChI is InChI=1S/C18H24N2O3S2/c1-6-20(7-2)25(22,23)17-11-15(9-8-12(17)3)19-18(21)16-10-13(4)14(5)24-16/h8-11H,6-7H2,1-5H3,(H,19,21). The molecule has 1 heterocycles. The molecule has 0 radical (unpaired) electrons. The van der Waals surface area contributed by atoms with Gasteiger partial charge in [0.15, 0.2) is 0 Å². The van der Waals surface area contributed by atoms with Crippen LogP contribution in [0.15, 0.2) is 29.2 Å². The van der Waals surface area contributed by atoms with E-state index in [0.717, 1.165) is 10.4 Å². The minimum absolute atomic E-state index is 0.226. The smallest absolute Gasteiger partial charge is 0.265 e. The first kappa shape index (κ1) is 19.6. The average molecular weight is 381 g/mol. The lowest BCUT2D eigenvalue weighted by Gasteiger charge is -2.20. The summed E-state index contributed by atoms with van der Waals surface area (Å²) in [7, 11) is -3.57. The highest BCUT2D eigenvalue weighted by molar-refractivity contribution is 7.89. The molecule has 0 aliphatic carbocycles. The molecule has 1 amide bonds. The number of sulfonamides is 1. The Balaban J connectivity index is 2.34. The van der Waals surface area contributed by atoms with Crippen molar-refractivity contribution in [3.63, 3.8) is 0 Å². The van der Waals surface area contributed by atoms with Crippen LogP contribution in [0.1, 0.15) is 39.5 Å². The first-order valence-electron chi connectivity index (χ1n) is 8.19. The number of thiophene rings is 1. The number of aryl methyl sites for hydroxylation is 3. The molecule has 0 fully saturated rings. The van der Waals surface area contributed by atoms with Crippen LogP contribution in [0, 0.1) is 20.8 Å². The largest absolute Gasteiger partial charge is 0.321 e. The molecule has 136 valence electrons. The lowest BCUT2D eigenvalue weighted by atomic mass is 10.2. The molecule has 1 N–H and O–H groups in total. The van der Waals surface area contributed by atoms with E-state index in [2.05, 4.69) is 5.32 Å². The monoisotopic (exact) mass is 380 g/mol. The van der Waals surface area contributed by atoms with Crippen molar-refractivity contribution in [2.24, 2.45) is 0 Å². The molecular weight excluding hydrogens is 356 g/mol. The van der Waals surface area contributed by atoms with Crippen molar-refractivity contribution in [1.82, 2.24) is 4.31 Å². The number of carbonyl (C=O) groups is 1. The van der Waals surface area contributed by atoms with Crippen LogP contribution in [0.5, 0.6) is 0 Å². The summed E-state index contributed by atoms with van der Waals surface area (Å²) >= 11 is 1.43. The third-order valence-electron chi connectivity index (χ3n) is 4.16. The zero-order valence-corrected chi connectivity index (χ0v) is 16.8. The second-order valence-corrected chi connectivity index (χ2v) is 9.04. The molecule has 0 aliphatic rings. The summed E-state index contributed by atoms with van der Waals surface area (Å²) in [4.78, 5) is 14.4. The maximum Gasteiger partial charge on any atom is 0.265 e. The second-order valence-electron chi connectivity index (χ2n) is 5.87. The van der Waals surface area contributed by atoms with Crippen molar-refractivity contribution in [3.05, 3.63) is 45.1 Å². The number of amides is 1. The fourth-order valence-electron chi connectivity index (χ4n) is 2.54. The van der Waals surface area contributed by atoms with Crippen LogP contribution < -0.4 is 5.32 Å². The molecule has 0 bridgehead atoms. The Bertz CT molecular complexity index is 862. The highest BCUT2D eigenvalue weighted by Gasteiger charge is 2.24. The maximum atomic E-state index is 12.8. The van der Waals surface area contributed by atoms with Gasteiger partial charge in [-0.1, -0.05) is 19.9 Å². The molecule has 2 aromatic rings. The fraction of sp³-hybridized carbons (Fsp3) is 0.389. The Morgan fingerprint density at radius 1 is 1.08 bits per heavy atom. The molecular formula is C18H24N2O3S2. The van der Waals surface area contributed by atoms with Gasteiger partial charge < -0.3 is 5.32 Å². The fourth-order valence-corrected chi connectivity index (χ4v) is 5.17. The normalized spacial score (nSPS) is 11.8. The zero-order valence-electron chi connectivity index (χ0n) is 15.2. The average Bonchev–Trinajstić information content (AvgIpc) is 2.89. The summed E-state index contributed by atoms with van der Waals surface area (Å²) < 4.78 is 27.0. The summed E-state index contributed by atoms with van der Waals surface area (Å²) in [6.45, 7) is 10.1. The van der Waals surface area contributed by atoms with Gasteiger partial charge in [-0.25, -0.2) is 8.42 Å². The van der Waals surface area contributed by atoms with Gasteiger partial charge in [-0.3, -0.25) is 4.79 Å². The van der Waals surface area contributed by atoms with Crippen LogP contribution in [-0.4, -0.2) is 31.7 Å². The van der Waals surface area contributed by atoms with E-state index in [1.54, 1.807) is 19.1 Å².